The first-order valence-electron chi connectivity index (χ1n) is 5.13. The average Bonchev–Trinajstić information content (AvgIpc) is 2.37. The van der Waals surface area contributed by atoms with Crippen molar-refractivity contribution >= 4 is 23.5 Å². The normalized spacial score (nSPS) is 9.76. The molecule has 0 atom stereocenters. The minimum atomic E-state index is -0.270. The lowest BCUT2D eigenvalue weighted by atomic mass is 10.1. The molecule has 92 valence electrons. The number of hydrogen-bond donors (Lipinski definition) is 1. The van der Waals surface area contributed by atoms with E-state index in [4.69, 9.17) is 11.6 Å². The van der Waals surface area contributed by atoms with Crippen molar-refractivity contribution in [3.8, 4) is 0 Å². The van der Waals surface area contributed by atoms with Gasteiger partial charge in [-0.15, -0.1) is 11.6 Å². The number of benzene rings is 1. The first kappa shape index (κ1) is 13.5. The second-order valence-electron chi connectivity index (χ2n) is 3.48. The molecule has 1 amide bonds. The summed E-state index contributed by atoms with van der Waals surface area (Å²) >= 11 is 5.35. The van der Waals surface area contributed by atoms with E-state index in [9.17, 15) is 9.59 Å². The maximum atomic E-state index is 11.0. The molecule has 0 saturated heterocycles. The number of carbonyl (C=O) groups is 2. The topological polar surface area (TPSA) is 55.4 Å². The fourth-order valence-corrected chi connectivity index (χ4v) is 1.36. The van der Waals surface area contributed by atoms with Crippen LogP contribution in [0.1, 0.15) is 11.1 Å². The van der Waals surface area contributed by atoms with Crippen LogP contribution in [0.5, 0.6) is 0 Å². The lowest BCUT2D eigenvalue weighted by molar-refractivity contribution is -0.139. The third-order valence-corrected chi connectivity index (χ3v) is 2.45. The third kappa shape index (κ3) is 4.87. The molecule has 0 aliphatic heterocycles. The molecule has 5 heteroatoms. The highest BCUT2D eigenvalue weighted by atomic mass is 35.5. The average molecular weight is 256 g/mol. The summed E-state index contributed by atoms with van der Waals surface area (Å²) in [5.74, 6) is -0.515. The van der Waals surface area contributed by atoms with Crippen LogP contribution in [0, 0.1) is 0 Å². The van der Waals surface area contributed by atoms with Gasteiger partial charge in [-0.05, 0) is 11.1 Å². The van der Waals surface area contributed by atoms with Crippen molar-refractivity contribution in [3.63, 3.8) is 0 Å². The van der Waals surface area contributed by atoms with Gasteiger partial charge in [0.1, 0.15) is 5.88 Å². The molecule has 0 aliphatic rings. The number of amides is 1. The first-order chi connectivity index (χ1) is 8.15. The number of nitrogens with one attached hydrogen (secondary N) is 1. The van der Waals surface area contributed by atoms with Crippen LogP contribution in [-0.4, -0.2) is 24.9 Å². The Balaban J connectivity index is 2.50. The van der Waals surface area contributed by atoms with Gasteiger partial charge in [-0.1, -0.05) is 24.3 Å². The molecule has 4 nitrogen and oxygen atoms in total. The highest BCUT2D eigenvalue weighted by molar-refractivity contribution is 6.27. The molecule has 0 heterocycles. The van der Waals surface area contributed by atoms with Crippen molar-refractivity contribution in [3.05, 3.63) is 35.4 Å². The Morgan fingerprint density at radius 2 is 1.82 bits per heavy atom. The Labute approximate surface area is 105 Å². The molecule has 0 saturated carbocycles. The fourth-order valence-electron chi connectivity index (χ4n) is 1.26. The van der Waals surface area contributed by atoms with Crippen molar-refractivity contribution in [2.24, 2.45) is 0 Å². The van der Waals surface area contributed by atoms with Crippen molar-refractivity contribution < 1.29 is 14.3 Å². The fraction of sp³-hybridized carbons (Fsp3) is 0.333. The summed E-state index contributed by atoms with van der Waals surface area (Å²) in [6, 6.07) is 7.37. The molecule has 17 heavy (non-hydrogen) atoms. The number of halogens is 1. The molecule has 0 aromatic heterocycles. The van der Waals surface area contributed by atoms with Crippen LogP contribution in [0.4, 0.5) is 0 Å². The van der Waals surface area contributed by atoms with E-state index in [1.165, 1.54) is 7.11 Å². The van der Waals surface area contributed by atoms with E-state index < -0.39 is 0 Å². The zero-order chi connectivity index (χ0) is 12.7. The van der Waals surface area contributed by atoms with Crippen LogP contribution < -0.4 is 5.32 Å². The van der Waals surface area contributed by atoms with E-state index in [2.05, 4.69) is 10.1 Å². The van der Waals surface area contributed by atoms with Gasteiger partial charge in [-0.3, -0.25) is 9.59 Å². The number of rotatable bonds is 5. The van der Waals surface area contributed by atoms with Crippen molar-refractivity contribution in [2.45, 2.75) is 13.0 Å². The van der Waals surface area contributed by atoms with Gasteiger partial charge in [0, 0.05) is 6.54 Å². The van der Waals surface area contributed by atoms with E-state index in [1.807, 2.05) is 24.3 Å². The Morgan fingerprint density at radius 1 is 1.24 bits per heavy atom. The number of methoxy groups -OCH3 is 1. The highest BCUT2D eigenvalue weighted by Gasteiger charge is 2.03. The van der Waals surface area contributed by atoms with Crippen LogP contribution in [0.25, 0.3) is 0 Å². The Kier molecular flexibility index (Phi) is 5.49. The molecule has 1 rings (SSSR count). The lowest BCUT2D eigenvalue weighted by Crippen LogP contribution is -2.23. The second kappa shape index (κ2) is 6.91. The molecule has 1 N–H and O–H groups in total. The van der Waals surface area contributed by atoms with Crippen LogP contribution >= 0.6 is 11.6 Å². The van der Waals surface area contributed by atoms with Gasteiger partial charge in [0.15, 0.2) is 0 Å². The third-order valence-electron chi connectivity index (χ3n) is 2.21. The van der Waals surface area contributed by atoms with Crippen molar-refractivity contribution in [1.82, 2.24) is 5.32 Å². The zero-order valence-corrected chi connectivity index (χ0v) is 10.3. The first-order valence-corrected chi connectivity index (χ1v) is 5.66. The van der Waals surface area contributed by atoms with Gasteiger partial charge >= 0.3 is 5.97 Å². The number of ether oxygens (including phenoxy) is 1. The highest BCUT2D eigenvalue weighted by Crippen LogP contribution is 2.05. The smallest absolute Gasteiger partial charge is 0.309 e. The predicted molar refractivity (Wildman–Crippen MR) is 64.7 cm³/mol. The van der Waals surface area contributed by atoms with Gasteiger partial charge in [-0.25, -0.2) is 0 Å². The summed E-state index contributed by atoms with van der Waals surface area (Å²) < 4.78 is 4.57. The number of carbonyl (C=O) groups excluding carboxylic acids is 2. The summed E-state index contributed by atoms with van der Waals surface area (Å²) in [5.41, 5.74) is 1.83. The molecule has 1 aromatic carbocycles. The zero-order valence-electron chi connectivity index (χ0n) is 9.53. The quantitative estimate of drug-likeness (QED) is 0.637. The maximum Gasteiger partial charge on any atom is 0.309 e. The molecule has 1 aromatic rings. The van der Waals surface area contributed by atoms with Gasteiger partial charge in [0.05, 0.1) is 13.5 Å². The van der Waals surface area contributed by atoms with E-state index in [0.717, 1.165) is 11.1 Å². The minimum Gasteiger partial charge on any atom is -0.469 e. The summed E-state index contributed by atoms with van der Waals surface area (Å²) in [5, 5.41) is 2.66. The van der Waals surface area contributed by atoms with E-state index in [1.54, 1.807) is 0 Å². The SMILES string of the molecule is COC(=O)Cc1ccc(CNC(=O)CCl)cc1. The summed E-state index contributed by atoms with van der Waals surface area (Å²) in [6.07, 6.45) is 0.255. The Bertz CT molecular complexity index is 389. The number of esters is 1. The van der Waals surface area contributed by atoms with Crippen molar-refractivity contribution in [2.75, 3.05) is 13.0 Å². The van der Waals surface area contributed by atoms with Crippen LogP contribution in [-0.2, 0) is 27.3 Å². The molecule has 0 fully saturated rings. The molecule has 0 spiro atoms. The molecule has 0 bridgehead atoms. The molecular weight excluding hydrogens is 242 g/mol. The van der Waals surface area contributed by atoms with Gasteiger partial charge in [-0.2, -0.15) is 0 Å². The van der Waals surface area contributed by atoms with Crippen molar-refractivity contribution in [1.29, 1.82) is 0 Å². The Morgan fingerprint density at radius 3 is 2.35 bits per heavy atom. The lowest BCUT2D eigenvalue weighted by Gasteiger charge is -2.04. The van der Waals surface area contributed by atoms with E-state index in [-0.39, 0.29) is 24.2 Å². The molecule has 0 unspecified atom stereocenters. The van der Waals surface area contributed by atoms with Crippen LogP contribution in [0.3, 0.4) is 0 Å². The van der Waals surface area contributed by atoms with E-state index >= 15 is 0 Å². The van der Waals surface area contributed by atoms with E-state index in [0.29, 0.717) is 6.54 Å². The molecular formula is C12H14ClNO3. The maximum absolute atomic E-state index is 11.0. The van der Waals surface area contributed by atoms with Gasteiger partial charge in [0.2, 0.25) is 5.91 Å². The minimum absolute atomic E-state index is 0.0412. The largest absolute Gasteiger partial charge is 0.469 e. The number of hydrogen-bond acceptors (Lipinski definition) is 3. The molecule has 0 radical (unpaired) electrons. The van der Waals surface area contributed by atoms with Crippen LogP contribution in [0.2, 0.25) is 0 Å². The molecule has 0 aliphatic carbocycles. The second-order valence-corrected chi connectivity index (χ2v) is 3.75. The van der Waals surface area contributed by atoms with Crippen LogP contribution in [0.15, 0.2) is 24.3 Å². The predicted octanol–water partition coefficient (Wildman–Crippen LogP) is 1.26. The van der Waals surface area contributed by atoms with Gasteiger partial charge in [0.25, 0.3) is 0 Å². The monoisotopic (exact) mass is 255 g/mol. The summed E-state index contributed by atoms with van der Waals surface area (Å²) in [7, 11) is 1.36. The standard InChI is InChI=1S/C12H14ClNO3/c1-17-12(16)6-9-2-4-10(5-3-9)8-14-11(15)7-13/h2-5H,6-8H2,1H3,(H,14,15). The van der Waals surface area contributed by atoms with Gasteiger partial charge < -0.3 is 10.1 Å². The Hall–Kier alpha value is -1.55. The number of alkyl halides is 1. The summed E-state index contributed by atoms with van der Waals surface area (Å²) in [4.78, 5) is 22.0. The summed E-state index contributed by atoms with van der Waals surface area (Å²) in [6.45, 7) is 0.435.